The van der Waals surface area contributed by atoms with Crippen molar-refractivity contribution in [3.05, 3.63) is 90.5 Å². The lowest BCUT2D eigenvalue weighted by Crippen LogP contribution is -2.00. The first-order chi connectivity index (χ1) is 18.2. The Morgan fingerprint density at radius 1 is 0.757 bits per heavy atom. The Balaban J connectivity index is 1.46. The van der Waals surface area contributed by atoms with Crippen molar-refractivity contribution in [2.45, 2.75) is 45.4 Å². The molecule has 3 aromatic carbocycles. The first-order valence-corrected chi connectivity index (χ1v) is 12.9. The monoisotopic (exact) mass is 491 g/mol. The molecule has 0 amide bonds. The number of unbranched alkanes of at least 4 members (excludes halogenated alkanes) is 5. The number of rotatable bonds is 12. The molecule has 0 saturated carbocycles. The lowest BCUT2D eigenvalue weighted by atomic mass is 9.98. The van der Waals surface area contributed by atoms with E-state index in [9.17, 15) is 5.26 Å². The number of nitrogens with zero attached hydrogens (tertiary/aromatic N) is 2. The molecule has 0 atom stereocenters. The molecule has 2 N–H and O–H groups in total. The lowest BCUT2D eigenvalue weighted by Gasteiger charge is -2.12. The number of hydrogen-bond acceptors (Lipinski definition) is 5. The molecule has 0 bridgehead atoms. The molecule has 37 heavy (non-hydrogen) atoms. The summed E-state index contributed by atoms with van der Waals surface area (Å²) in [5.74, 6) is 2.54. The second kappa shape index (κ2) is 13.1. The van der Waals surface area contributed by atoms with Crippen LogP contribution in [0.15, 0.2) is 84.9 Å². The number of para-hydroxylation sites is 1. The summed E-state index contributed by atoms with van der Waals surface area (Å²) in [6.45, 7) is 2.94. The molecule has 0 unspecified atom stereocenters. The van der Waals surface area contributed by atoms with Crippen LogP contribution < -0.4 is 15.2 Å². The van der Waals surface area contributed by atoms with Crippen molar-refractivity contribution in [3.8, 4) is 45.7 Å². The van der Waals surface area contributed by atoms with Gasteiger partial charge in [0, 0.05) is 11.1 Å². The minimum atomic E-state index is 0.211. The summed E-state index contributed by atoms with van der Waals surface area (Å²) in [5.41, 5.74) is 9.80. The van der Waals surface area contributed by atoms with Crippen molar-refractivity contribution in [3.63, 3.8) is 0 Å². The Hall–Kier alpha value is -4.30. The van der Waals surface area contributed by atoms with E-state index in [0.717, 1.165) is 40.4 Å². The summed E-state index contributed by atoms with van der Waals surface area (Å²) in [4.78, 5) is 4.50. The maximum absolute atomic E-state index is 9.76. The maximum Gasteiger partial charge on any atom is 0.142 e. The van der Waals surface area contributed by atoms with Crippen molar-refractivity contribution in [1.29, 1.82) is 5.26 Å². The summed E-state index contributed by atoms with van der Waals surface area (Å²) in [6, 6.07) is 29.3. The van der Waals surface area contributed by atoms with E-state index in [4.69, 9.17) is 15.2 Å². The van der Waals surface area contributed by atoms with Crippen molar-refractivity contribution < 1.29 is 9.47 Å². The highest BCUT2D eigenvalue weighted by Gasteiger charge is 2.14. The van der Waals surface area contributed by atoms with Crippen LogP contribution in [-0.4, -0.2) is 11.6 Å². The van der Waals surface area contributed by atoms with Crippen LogP contribution in [0.5, 0.6) is 17.2 Å². The standard InChI is InChI=1S/C32H33N3O2/c1-2-3-4-5-6-10-21-36-26-17-13-24(14-18-26)29-22-31(35-32(34)30(29)23-33)25-15-19-28(20-16-25)37-27-11-8-7-9-12-27/h7-9,11-20,22H,2-6,10,21H2,1H3,(H2,34,35). The predicted molar refractivity (Wildman–Crippen MR) is 150 cm³/mol. The third-order valence-electron chi connectivity index (χ3n) is 6.22. The number of hydrogen-bond donors (Lipinski definition) is 1. The molecule has 5 heteroatoms. The summed E-state index contributed by atoms with van der Waals surface area (Å²) in [5, 5.41) is 9.76. The molecular formula is C32H33N3O2. The van der Waals surface area contributed by atoms with Gasteiger partial charge in [0.25, 0.3) is 0 Å². The van der Waals surface area contributed by atoms with Crippen LogP contribution >= 0.6 is 0 Å². The Bertz CT molecular complexity index is 1310. The molecule has 0 aliphatic rings. The van der Waals surface area contributed by atoms with E-state index < -0.39 is 0 Å². The van der Waals surface area contributed by atoms with Crippen molar-refractivity contribution in [2.75, 3.05) is 12.3 Å². The molecule has 0 saturated heterocycles. The minimum Gasteiger partial charge on any atom is -0.494 e. The molecule has 4 aromatic rings. The van der Waals surface area contributed by atoms with Gasteiger partial charge in [0.2, 0.25) is 0 Å². The van der Waals surface area contributed by atoms with E-state index in [1.165, 1.54) is 32.1 Å². The smallest absolute Gasteiger partial charge is 0.142 e. The zero-order chi connectivity index (χ0) is 25.9. The van der Waals surface area contributed by atoms with Gasteiger partial charge in [-0.15, -0.1) is 0 Å². The summed E-state index contributed by atoms with van der Waals surface area (Å²) < 4.78 is 11.8. The fraction of sp³-hybridized carbons (Fsp3) is 0.250. The highest BCUT2D eigenvalue weighted by Crippen LogP contribution is 2.33. The average Bonchev–Trinajstić information content (AvgIpc) is 2.93. The van der Waals surface area contributed by atoms with Crippen LogP contribution in [0.25, 0.3) is 22.4 Å². The van der Waals surface area contributed by atoms with E-state index in [1.807, 2.05) is 84.9 Å². The van der Waals surface area contributed by atoms with Crippen LogP contribution in [0.1, 0.15) is 51.0 Å². The highest BCUT2D eigenvalue weighted by molar-refractivity contribution is 5.80. The zero-order valence-electron chi connectivity index (χ0n) is 21.3. The van der Waals surface area contributed by atoms with Gasteiger partial charge in [0.1, 0.15) is 34.7 Å². The Morgan fingerprint density at radius 3 is 2.08 bits per heavy atom. The van der Waals surface area contributed by atoms with E-state index in [0.29, 0.717) is 17.9 Å². The number of benzene rings is 3. The minimum absolute atomic E-state index is 0.211. The van der Waals surface area contributed by atoms with Gasteiger partial charge in [-0.05, 0) is 66.6 Å². The normalized spacial score (nSPS) is 10.6. The molecular weight excluding hydrogens is 458 g/mol. The number of aromatic nitrogens is 1. The summed E-state index contributed by atoms with van der Waals surface area (Å²) in [7, 11) is 0. The topological polar surface area (TPSA) is 81.2 Å². The van der Waals surface area contributed by atoms with Crippen molar-refractivity contribution in [1.82, 2.24) is 4.98 Å². The van der Waals surface area contributed by atoms with E-state index in [-0.39, 0.29) is 5.82 Å². The maximum atomic E-state index is 9.76. The fourth-order valence-corrected chi connectivity index (χ4v) is 4.18. The molecule has 5 nitrogen and oxygen atoms in total. The Labute approximate surface area is 219 Å². The SMILES string of the molecule is CCCCCCCCOc1ccc(-c2cc(-c3ccc(Oc4ccccc4)cc3)nc(N)c2C#N)cc1. The van der Waals surface area contributed by atoms with Crippen LogP contribution in [-0.2, 0) is 0 Å². The molecule has 0 fully saturated rings. The first-order valence-electron chi connectivity index (χ1n) is 12.9. The molecule has 0 aliphatic heterocycles. The Morgan fingerprint density at radius 2 is 1.38 bits per heavy atom. The Kier molecular flexibility index (Phi) is 9.15. The van der Waals surface area contributed by atoms with Gasteiger partial charge in [-0.3, -0.25) is 0 Å². The van der Waals surface area contributed by atoms with Gasteiger partial charge < -0.3 is 15.2 Å². The third-order valence-corrected chi connectivity index (χ3v) is 6.22. The second-order valence-corrected chi connectivity index (χ2v) is 9.01. The summed E-state index contributed by atoms with van der Waals surface area (Å²) in [6.07, 6.45) is 7.39. The highest BCUT2D eigenvalue weighted by atomic mass is 16.5. The van der Waals surface area contributed by atoms with Crippen LogP contribution in [0, 0.1) is 11.3 Å². The third kappa shape index (κ3) is 7.11. The number of nitrogens with two attached hydrogens (primary N) is 1. The number of pyridine rings is 1. The zero-order valence-corrected chi connectivity index (χ0v) is 21.3. The number of anilines is 1. The van der Waals surface area contributed by atoms with Gasteiger partial charge in [0.05, 0.1) is 12.3 Å². The van der Waals surface area contributed by atoms with Gasteiger partial charge in [0.15, 0.2) is 0 Å². The molecule has 4 rings (SSSR count). The largest absolute Gasteiger partial charge is 0.494 e. The molecule has 1 heterocycles. The average molecular weight is 492 g/mol. The fourth-order valence-electron chi connectivity index (χ4n) is 4.18. The molecule has 188 valence electrons. The number of ether oxygens (including phenoxy) is 2. The molecule has 0 aliphatic carbocycles. The number of nitrogen functional groups attached to an aromatic ring is 1. The van der Waals surface area contributed by atoms with Crippen LogP contribution in [0.3, 0.4) is 0 Å². The quantitative estimate of drug-likeness (QED) is 0.201. The molecule has 0 radical (unpaired) electrons. The van der Waals surface area contributed by atoms with Crippen molar-refractivity contribution >= 4 is 5.82 Å². The van der Waals surface area contributed by atoms with Gasteiger partial charge in [-0.1, -0.05) is 69.4 Å². The van der Waals surface area contributed by atoms with Gasteiger partial charge in [-0.2, -0.15) is 5.26 Å². The predicted octanol–water partition coefficient (Wildman–Crippen LogP) is 8.40. The van der Waals surface area contributed by atoms with Gasteiger partial charge >= 0.3 is 0 Å². The van der Waals surface area contributed by atoms with Crippen molar-refractivity contribution in [2.24, 2.45) is 0 Å². The second-order valence-electron chi connectivity index (χ2n) is 9.01. The van der Waals surface area contributed by atoms with Crippen LogP contribution in [0.4, 0.5) is 5.82 Å². The molecule has 1 aromatic heterocycles. The van der Waals surface area contributed by atoms with Gasteiger partial charge in [-0.25, -0.2) is 4.98 Å². The van der Waals surface area contributed by atoms with E-state index in [1.54, 1.807) is 0 Å². The van der Waals surface area contributed by atoms with E-state index in [2.05, 4.69) is 18.0 Å². The summed E-state index contributed by atoms with van der Waals surface area (Å²) >= 11 is 0. The van der Waals surface area contributed by atoms with E-state index >= 15 is 0 Å². The number of nitriles is 1. The lowest BCUT2D eigenvalue weighted by molar-refractivity contribution is 0.304. The van der Waals surface area contributed by atoms with Crippen LogP contribution in [0.2, 0.25) is 0 Å². The molecule has 0 spiro atoms. The first kappa shape index (κ1) is 25.8.